The Kier molecular flexibility index (Phi) is 11.3. The summed E-state index contributed by atoms with van der Waals surface area (Å²) < 4.78 is 4.94. The van der Waals surface area contributed by atoms with Crippen LogP contribution < -0.4 is 16.0 Å². The molecule has 0 aromatic carbocycles. The van der Waals surface area contributed by atoms with Crippen molar-refractivity contribution in [2.75, 3.05) is 26.2 Å². The smallest absolute Gasteiger partial charge is 0.407 e. The molecular formula is C9H21Cl2N3O2. The number of rotatable bonds is 3. The molecule has 16 heavy (non-hydrogen) atoms. The number of piperazine rings is 1. The summed E-state index contributed by atoms with van der Waals surface area (Å²) in [6.45, 7) is 7.11. The van der Waals surface area contributed by atoms with Gasteiger partial charge in [-0.15, -0.1) is 24.8 Å². The maximum Gasteiger partial charge on any atom is 0.407 e. The van der Waals surface area contributed by atoms with Gasteiger partial charge in [-0.25, -0.2) is 4.79 Å². The van der Waals surface area contributed by atoms with Gasteiger partial charge in [0.05, 0.1) is 6.10 Å². The molecule has 0 radical (unpaired) electrons. The van der Waals surface area contributed by atoms with Crippen LogP contribution >= 0.6 is 24.8 Å². The maximum absolute atomic E-state index is 11.1. The molecule has 3 N–H and O–H groups in total. The quantitative estimate of drug-likeness (QED) is 0.702. The summed E-state index contributed by atoms with van der Waals surface area (Å²) in [5, 5.41) is 9.26. The van der Waals surface area contributed by atoms with Gasteiger partial charge in [-0.3, -0.25) is 0 Å². The number of hydrogen-bond acceptors (Lipinski definition) is 4. The van der Waals surface area contributed by atoms with Crippen molar-refractivity contribution in [2.45, 2.75) is 26.0 Å². The highest BCUT2D eigenvalue weighted by Crippen LogP contribution is 1.89. The average Bonchev–Trinajstić information content (AvgIpc) is 2.15. The van der Waals surface area contributed by atoms with E-state index in [1.54, 1.807) is 0 Å². The molecule has 1 unspecified atom stereocenters. The predicted octanol–water partition coefficient (Wildman–Crippen LogP) is 0.526. The molecule has 5 nitrogen and oxygen atoms in total. The number of ether oxygens (including phenoxy) is 1. The predicted molar refractivity (Wildman–Crippen MR) is 68.8 cm³/mol. The van der Waals surface area contributed by atoms with Gasteiger partial charge in [0, 0.05) is 32.2 Å². The van der Waals surface area contributed by atoms with E-state index < -0.39 is 0 Å². The molecule has 1 heterocycles. The zero-order valence-corrected chi connectivity index (χ0v) is 11.2. The van der Waals surface area contributed by atoms with Crippen molar-refractivity contribution < 1.29 is 9.53 Å². The summed E-state index contributed by atoms with van der Waals surface area (Å²) in [5.74, 6) is 0. The Morgan fingerprint density at radius 3 is 2.62 bits per heavy atom. The first-order valence-electron chi connectivity index (χ1n) is 5.07. The summed E-state index contributed by atoms with van der Waals surface area (Å²) in [7, 11) is 0. The third-order valence-electron chi connectivity index (χ3n) is 1.96. The van der Waals surface area contributed by atoms with E-state index in [2.05, 4.69) is 16.0 Å². The first-order valence-corrected chi connectivity index (χ1v) is 5.07. The van der Waals surface area contributed by atoms with Gasteiger partial charge >= 0.3 is 6.09 Å². The number of amides is 1. The molecule has 0 aromatic heterocycles. The fraction of sp³-hybridized carbons (Fsp3) is 0.889. The van der Waals surface area contributed by atoms with Gasteiger partial charge in [0.1, 0.15) is 0 Å². The van der Waals surface area contributed by atoms with Crippen LogP contribution in [0.3, 0.4) is 0 Å². The molecule has 0 spiro atoms. The molecule has 98 valence electrons. The number of halogens is 2. The van der Waals surface area contributed by atoms with Gasteiger partial charge in [-0.2, -0.15) is 0 Å². The van der Waals surface area contributed by atoms with Crippen LogP contribution in [0.25, 0.3) is 0 Å². The summed E-state index contributed by atoms with van der Waals surface area (Å²) in [4.78, 5) is 11.1. The Balaban J connectivity index is 0. The van der Waals surface area contributed by atoms with Crippen molar-refractivity contribution in [1.82, 2.24) is 16.0 Å². The summed E-state index contributed by atoms with van der Waals surface area (Å²) >= 11 is 0. The lowest BCUT2D eigenvalue weighted by molar-refractivity contribution is 0.114. The first-order chi connectivity index (χ1) is 6.68. The number of carbonyl (C=O) groups is 1. The highest BCUT2D eigenvalue weighted by molar-refractivity contribution is 5.85. The van der Waals surface area contributed by atoms with E-state index in [1.807, 2.05) is 13.8 Å². The molecule has 1 atom stereocenters. The number of alkyl carbamates (subject to hydrolysis) is 1. The Morgan fingerprint density at radius 2 is 2.12 bits per heavy atom. The van der Waals surface area contributed by atoms with E-state index in [0.717, 1.165) is 19.6 Å². The van der Waals surface area contributed by atoms with Crippen LogP contribution in [-0.2, 0) is 4.74 Å². The number of nitrogens with one attached hydrogen (secondary N) is 3. The van der Waals surface area contributed by atoms with Crippen molar-refractivity contribution in [3.63, 3.8) is 0 Å². The molecule has 1 fully saturated rings. The molecule has 1 saturated heterocycles. The molecule has 1 aliphatic rings. The largest absolute Gasteiger partial charge is 0.447 e. The van der Waals surface area contributed by atoms with Gasteiger partial charge in [0.2, 0.25) is 0 Å². The fourth-order valence-corrected chi connectivity index (χ4v) is 1.32. The van der Waals surface area contributed by atoms with Gasteiger partial charge in [0.15, 0.2) is 0 Å². The van der Waals surface area contributed by atoms with Crippen molar-refractivity contribution in [3.05, 3.63) is 0 Å². The van der Waals surface area contributed by atoms with E-state index in [1.165, 1.54) is 0 Å². The van der Waals surface area contributed by atoms with Crippen molar-refractivity contribution in [3.8, 4) is 0 Å². The van der Waals surface area contributed by atoms with E-state index in [4.69, 9.17) is 4.74 Å². The van der Waals surface area contributed by atoms with Crippen LogP contribution in [0.15, 0.2) is 0 Å². The van der Waals surface area contributed by atoms with Gasteiger partial charge < -0.3 is 20.7 Å². The van der Waals surface area contributed by atoms with Crippen LogP contribution in [0.2, 0.25) is 0 Å². The Morgan fingerprint density at radius 1 is 1.44 bits per heavy atom. The Hall–Kier alpha value is -0.230. The third kappa shape index (κ3) is 7.98. The summed E-state index contributed by atoms with van der Waals surface area (Å²) in [6.07, 6.45) is -0.403. The topological polar surface area (TPSA) is 62.4 Å². The van der Waals surface area contributed by atoms with Crippen LogP contribution in [0.1, 0.15) is 13.8 Å². The maximum atomic E-state index is 11.1. The molecule has 0 aromatic rings. The summed E-state index contributed by atoms with van der Waals surface area (Å²) in [6, 6.07) is 0.309. The monoisotopic (exact) mass is 273 g/mol. The minimum Gasteiger partial charge on any atom is -0.447 e. The highest BCUT2D eigenvalue weighted by atomic mass is 35.5. The molecule has 0 saturated carbocycles. The molecule has 0 aliphatic carbocycles. The van der Waals surface area contributed by atoms with Crippen molar-refractivity contribution in [1.29, 1.82) is 0 Å². The van der Waals surface area contributed by atoms with Crippen molar-refractivity contribution >= 4 is 30.9 Å². The molecule has 0 bridgehead atoms. The van der Waals surface area contributed by atoms with Gasteiger partial charge in [0.25, 0.3) is 0 Å². The number of hydrogen-bond donors (Lipinski definition) is 3. The normalized spacial score (nSPS) is 19.3. The average molecular weight is 274 g/mol. The third-order valence-corrected chi connectivity index (χ3v) is 1.96. The SMILES string of the molecule is CC(C)OC(=O)NCC1CNCCN1.Cl.Cl. The van der Waals surface area contributed by atoms with Gasteiger partial charge in [-0.1, -0.05) is 0 Å². The molecular weight excluding hydrogens is 253 g/mol. The Bertz CT molecular complexity index is 188. The standard InChI is InChI=1S/C9H19N3O2.2ClH/c1-7(2)14-9(13)12-6-8-5-10-3-4-11-8;;/h7-8,10-11H,3-6H2,1-2H3,(H,12,13);2*1H. The van der Waals surface area contributed by atoms with E-state index in [0.29, 0.717) is 12.6 Å². The van der Waals surface area contributed by atoms with Crippen LogP contribution in [0, 0.1) is 0 Å². The lowest BCUT2D eigenvalue weighted by atomic mass is 10.2. The first kappa shape index (κ1) is 18.1. The second-order valence-electron chi connectivity index (χ2n) is 3.69. The fourth-order valence-electron chi connectivity index (χ4n) is 1.32. The van der Waals surface area contributed by atoms with E-state index >= 15 is 0 Å². The zero-order chi connectivity index (χ0) is 10.4. The molecule has 1 rings (SSSR count). The molecule has 1 aliphatic heterocycles. The van der Waals surface area contributed by atoms with E-state index in [-0.39, 0.29) is 37.0 Å². The lowest BCUT2D eigenvalue weighted by Gasteiger charge is -2.24. The minimum atomic E-state index is -0.340. The molecule has 1 amide bonds. The summed E-state index contributed by atoms with van der Waals surface area (Å²) in [5.41, 5.74) is 0. The van der Waals surface area contributed by atoms with Gasteiger partial charge in [-0.05, 0) is 13.8 Å². The lowest BCUT2D eigenvalue weighted by Crippen LogP contribution is -2.53. The number of carbonyl (C=O) groups excluding carboxylic acids is 1. The van der Waals surface area contributed by atoms with E-state index in [9.17, 15) is 4.79 Å². The zero-order valence-electron chi connectivity index (χ0n) is 9.62. The van der Waals surface area contributed by atoms with Crippen LogP contribution in [-0.4, -0.2) is 44.4 Å². The second-order valence-corrected chi connectivity index (χ2v) is 3.69. The van der Waals surface area contributed by atoms with Crippen molar-refractivity contribution in [2.24, 2.45) is 0 Å². The highest BCUT2D eigenvalue weighted by Gasteiger charge is 2.13. The molecule has 7 heteroatoms. The van der Waals surface area contributed by atoms with Crippen LogP contribution in [0.4, 0.5) is 4.79 Å². The van der Waals surface area contributed by atoms with Crippen LogP contribution in [0.5, 0.6) is 0 Å². The second kappa shape index (κ2) is 9.96. The minimum absolute atomic E-state index is 0. The Labute approximate surface area is 109 Å².